The van der Waals surface area contributed by atoms with Crippen molar-refractivity contribution in [3.8, 4) is 0 Å². The fourth-order valence-corrected chi connectivity index (χ4v) is 4.21. The van der Waals surface area contributed by atoms with E-state index in [1.54, 1.807) is 12.1 Å². The molecule has 0 radical (unpaired) electrons. The molecule has 154 valence electrons. The van der Waals surface area contributed by atoms with Gasteiger partial charge in [-0.2, -0.15) is 0 Å². The van der Waals surface area contributed by atoms with Gasteiger partial charge in [0.25, 0.3) is 5.91 Å². The zero-order valence-electron chi connectivity index (χ0n) is 16.5. The summed E-state index contributed by atoms with van der Waals surface area (Å²) in [4.78, 5) is 21.6. The summed E-state index contributed by atoms with van der Waals surface area (Å²) >= 11 is 0. The highest BCUT2D eigenvalue weighted by Gasteiger charge is 2.38. The summed E-state index contributed by atoms with van der Waals surface area (Å²) in [5.74, 6) is 0.335. The number of anilines is 1. The number of ether oxygens (including phenoxy) is 1. The Kier molecular flexibility index (Phi) is 6.08. The van der Waals surface area contributed by atoms with Gasteiger partial charge >= 0.3 is 0 Å². The molecular weight excluding hydrogens is 368 g/mol. The van der Waals surface area contributed by atoms with Crippen molar-refractivity contribution in [2.45, 2.75) is 31.1 Å². The van der Waals surface area contributed by atoms with Crippen LogP contribution in [-0.2, 0) is 4.74 Å². The first-order valence-electron chi connectivity index (χ1n) is 10.2. The second-order valence-electron chi connectivity index (χ2n) is 7.77. The number of carbonyl (C=O) groups excluding carboxylic acids is 1. The summed E-state index contributed by atoms with van der Waals surface area (Å²) in [5.41, 5.74) is 7.27. The van der Waals surface area contributed by atoms with Gasteiger partial charge in [-0.25, -0.2) is 4.98 Å². The standard InChI is InChI=1S/C22H28N4O3/c23-20-7-6-17(14-24-20)22(28)26-12-13-29-19(15-25-10-8-18(27)9-11-25)21(26)16-4-2-1-3-5-16/h1-7,14,18-19,21,27H,8-13,15H2,(H2,23,24)/t19-,21-/m0/s1. The molecule has 1 amide bonds. The molecule has 2 aliphatic rings. The Morgan fingerprint density at radius 1 is 1.14 bits per heavy atom. The molecule has 3 heterocycles. The minimum Gasteiger partial charge on any atom is -0.393 e. The van der Waals surface area contributed by atoms with Gasteiger partial charge in [-0.05, 0) is 30.5 Å². The number of nitrogens with zero attached hydrogens (tertiary/aromatic N) is 3. The van der Waals surface area contributed by atoms with Crippen molar-refractivity contribution in [1.82, 2.24) is 14.8 Å². The lowest BCUT2D eigenvalue weighted by molar-refractivity contribution is -0.0770. The molecule has 0 spiro atoms. The van der Waals surface area contributed by atoms with Crippen LogP contribution in [0.1, 0.15) is 34.8 Å². The Balaban J connectivity index is 1.59. The molecule has 2 atom stereocenters. The molecule has 0 bridgehead atoms. The molecule has 7 heteroatoms. The van der Waals surface area contributed by atoms with E-state index in [-0.39, 0.29) is 24.2 Å². The van der Waals surface area contributed by atoms with Gasteiger partial charge in [-0.1, -0.05) is 30.3 Å². The maximum Gasteiger partial charge on any atom is 0.256 e. The Morgan fingerprint density at radius 2 is 1.90 bits per heavy atom. The number of nitrogen functional groups attached to an aromatic ring is 1. The number of benzene rings is 1. The number of likely N-dealkylation sites (tertiary alicyclic amines) is 1. The number of hydrogen-bond acceptors (Lipinski definition) is 6. The van der Waals surface area contributed by atoms with Crippen molar-refractivity contribution in [1.29, 1.82) is 0 Å². The van der Waals surface area contributed by atoms with Gasteiger partial charge < -0.3 is 25.4 Å². The number of morpholine rings is 1. The van der Waals surface area contributed by atoms with Gasteiger partial charge in [0, 0.05) is 32.4 Å². The molecule has 0 saturated carbocycles. The highest BCUT2D eigenvalue weighted by molar-refractivity contribution is 5.94. The van der Waals surface area contributed by atoms with E-state index >= 15 is 0 Å². The molecule has 29 heavy (non-hydrogen) atoms. The van der Waals surface area contributed by atoms with Crippen LogP contribution in [0.4, 0.5) is 5.82 Å². The number of aliphatic hydroxyl groups is 1. The molecule has 0 aliphatic carbocycles. The second kappa shape index (κ2) is 8.90. The Bertz CT molecular complexity index is 807. The molecule has 1 aromatic carbocycles. The smallest absolute Gasteiger partial charge is 0.256 e. The van der Waals surface area contributed by atoms with E-state index in [0.717, 1.165) is 38.0 Å². The van der Waals surface area contributed by atoms with E-state index in [1.807, 2.05) is 35.2 Å². The lowest BCUT2D eigenvalue weighted by atomic mass is 9.96. The molecule has 1 aromatic heterocycles. The minimum absolute atomic E-state index is 0.0614. The first kappa shape index (κ1) is 19.8. The van der Waals surface area contributed by atoms with Crippen LogP contribution in [0.25, 0.3) is 0 Å². The normalized spacial score (nSPS) is 23.8. The van der Waals surface area contributed by atoms with Gasteiger partial charge in [0.2, 0.25) is 0 Å². The number of piperidine rings is 1. The summed E-state index contributed by atoms with van der Waals surface area (Å²) in [5, 5.41) is 9.80. The van der Waals surface area contributed by atoms with Crippen LogP contribution in [0.2, 0.25) is 0 Å². The van der Waals surface area contributed by atoms with E-state index in [0.29, 0.717) is 24.5 Å². The number of aromatic nitrogens is 1. The maximum absolute atomic E-state index is 13.3. The molecule has 0 unspecified atom stereocenters. The molecular formula is C22H28N4O3. The first-order chi connectivity index (χ1) is 14.1. The van der Waals surface area contributed by atoms with Crippen molar-refractivity contribution in [2.24, 2.45) is 0 Å². The van der Waals surface area contributed by atoms with Gasteiger partial charge in [0.1, 0.15) is 5.82 Å². The molecule has 2 aliphatic heterocycles. The predicted octanol–water partition coefficient (Wildman–Crippen LogP) is 1.70. The topological polar surface area (TPSA) is 91.9 Å². The number of nitrogens with two attached hydrogens (primary N) is 1. The number of rotatable bonds is 4. The highest BCUT2D eigenvalue weighted by Crippen LogP contribution is 2.32. The van der Waals surface area contributed by atoms with Gasteiger partial charge in [0.05, 0.1) is 30.4 Å². The fourth-order valence-electron chi connectivity index (χ4n) is 4.21. The summed E-state index contributed by atoms with van der Waals surface area (Å²) in [6.07, 6.45) is 2.76. The summed E-state index contributed by atoms with van der Waals surface area (Å²) in [7, 11) is 0. The van der Waals surface area contributed by atoms with Crippen molar-refractivity contribution in [3.05, 3.63) is 59.8 Å². The van der Waals surface area contributed by atoms with Crippen LogP contribution in [0.3, 0.4) is 0 Å². The lowest BCUT2D eigenvalue weighted by Crippen LogP contribution is -2.52. The van der Waals surface area contributed by atoms with Crippen molar-refractivity contribution in [3.63, 3.8) is 0 Å². The van der Waals surface area contributed by atoms with E-state index in [1.165, 1.54) is 6.20 Å². The second-order valence-corrected chi connectivity index (χ2v) is 7.77. The third-order valence-corrected chi connectivity index (χ3v) is 5.78. The lowest BCUT2D eigenvalue weighted by Gasteiger charge is -2.44. The molecule has 7 nitrogen and oxygen atoms in total. The molecule has 4 rings (SSSR count). The Morgan fingerprint density at radius 3 is 2.59 bits per heavy atom. The monoisotopic (exact) mass is 396 g/mol. The van der Waals surface area contributed by atoms with Gasteiger partial charge in [-0.3, -0.25) is 4.79 Å². The summed E-state index contributed by atoms with van der Waals surface area (Å²) < 4.78 is 6.18. The average Bonchev–Trinajstić information content (AvgIpc) is 2.76. The zero-order chi connectivity index (χ0) is 20.2. The van der Waals surface area contributed by atoms with Crippen LogP contribution in [0.5, 0.6) is 0 Å². The van der Waals surface area contributed by atoms with Crippen molar-refractivity contribution >= 4 is 11.7 Å². The number of hydrogen-bond donors (Lipinski definition) is 2. The molecule has 3 N–H and O–H groups in total. The summed E-state index contributed by atoms with van der Waals surface area (Å²) in [6.45, 7) is 3.45. The Labute approximate surface area is 171 Å². The fraction of sp³-hybridized carbons (Fsp3) is 0.455. The van der Waals surface area contributed by atoms with E-state index < -0.39 is 0 Å². The SMILES string of the molecule is Nc1ccc(C(=O)N2CCO[C@@H](CN3CCC(O)CC3)[C@@H]2c2ccccc2)cn1. The Hall–Kier alpha value is -2.48. The maximum atomic E-state index is 13.3. The quantitative estimate of drug-likeness (QED) is 0.817. The van der Waals surface area contributed by atoms with Crippen molar-refractivity contribution in [2.75, 3.05) is 38.5 Å². The zero-order valence-corrected chi connectivity index (χ0v) is 16.5. The first-order valence-corrected chi connectivity index (χ1v) is 10.2. The third-order valence-electron chi connectivity index (χ3n) is 5.78. The third kappa shape index (κ3) is 4.58. The van der Waals surface area contributed by atoms with Crippen LogP contribution >= 0.6 is 0 Å². The average molecular weight is 396 g/mol. The minimum atomic E-state index is -0.209. The predicted molar refractivity (Wildman–Crippen MR) is 110 cm³/mol. The van der Waals surface area contributed by atoms with E-state index in [9.17, 15) is 9.90 Å². The van der Waals surface area contributed by atoms with Crippen LogP contribution in [0.15, 0.2) is 48.7 Å². The van der Waals surface area contributed by atoms with Crippen LogP contribution in [0, 0.1) is 0 Å². The number of pyridine rings is 1. The van der Waals surface area contributed by atoms with Gasteiger partial charge in [-0.15, -0.1) is 0 Å². The van der Waals surface area contributed by atoms with Crippen LogP contribution in [-0.4, -0.2) is 70.8 Å². The number of carbonyl (C=O) groups is 1. The molecule has 2 saturated heterocycles. The number of amides is 1. The summed E-state index contributed by atoms with van der Waals surface area (Å²) in [6, 6.07) is 13.3. The van der Waals surface area contributed by atoms with Crippen LogP contribution < -0.4 is 5.73 Å². The number of aliphatic hydroxyl groups excluding tert-OH is 1. The molecule has 2 aromatic rings. The van der Waals surface area contributed by atoms with E-state index in [2.05, 4.69) is 9.88 Å². The van der Waals surface area contributed by atoms with E-state index in [4.69, 9.17) is 10.5 Å². The highest BCUT2D eigenvalue weighted by atomic mass is 16.5. The van der Waals surface area contributed by atoms with Crippen molar-refractivity contribution < 1.29 is 14.6 Å². The van der Waals surface area contributed by atoms with Gasteiger partial charge in [0.15, 0.2) is 0 Å². The molecule has 2 fully saturated rings. The largest absolute Gasteiger partial charge is 0.393 e.